The molecule has 1 amide bonds. The van der Waals surface area contributed by atoms with Crippen LogP contribution in [-0.2, 0) is 23.6 Å². The number of aryl methyl sites for hydroxylation is 1. The number of carbonyl (C=O) groups excluding carboxylic acids is 1. The molecule has 1 saturated carbocycles. The minimum atomic E-state index is -3.52. The molecule has 12 heteroatoms. The highest BCUT2D eigenvalue weighted by molar-refractivity contribution is 7.92. The summed E-state index contributed by atoms with van der Waals surface area (Å²) in [5.41, 5.74) is 9.98. The van der Waals surface area contributed by atoms with Crippen LogP contribution in [0.4, 0.5) is 5.82 Å². The van der Waals surface area contributed by atoms with Crippen molar-refractivity contribution in [1.29, 1.82) is 0 Å². The normalized spacial score (nSPS) is 21.9. The van der Waals surface area contributed by atoms with Crippen molar-refractivity contribution in [3.05, 3.63) is 35.9 Å². The zero-order chi connectivity index (χ0) is 30.4. The Hall–Kier alpha value is -3.64. The molecule has 2 aliphatic heterocycles. The number of nitrogens with two attached hydrogens (primary N) is 1. The molecule has 3 fully saturated rings. The molecule has 0 spiro atoms. The molecule has 11 nitrogen and oxygen atoms in total. The average molecular weight is 606 g/mol. The van der Waals surface area contributed by atoms with Crippen molar-refractivity contribution in [2.24, 2.45) is 18.7 Å². The maximum absolute atomic E-state index is 13.8. The predicted octanol–water partition coefficient (Wildman–Crippen LogP) is 3.89. The van der Waals surface area contributed by atoms with Gasteiger partial charge in [0.2, 0.25) is 10.0 Å². The zero-order valence-corrected chi connectivity index (χ0v) is 26.1. The van der Waals surface area contributed by atoms with Gasteiger partial charge in [0.15, 0.2) is 5.82 Å². The molecule has 1 aliphatic carbocycles. The third-order valence-electron chi connectivity index (χ3n) is 9.37. The first-order valence-electron chi connectivity index (χ1n) is 15.1. The van der Waals surface area contributed by atoms with Gasteiger partial charge in [-0.05, 0) is 82.2 Å². The number of nitrogens with zero attached hydrogens (tertiary/aromatic N) is 6. The molecule has 0 unspecified atom stereocenters. The Kier molecular flexibility index (Phi) is 6.51. The van der Waals surface area contributed by atoms with E-state index in [4.69, 9.17) is 20.4 Å². The second-order valence-electron chi connectivity index (χ2n) is 12.8. The van der Waals surface area contributed by atoms with Crippen molar-refractivity contribution in [2.45, 2.75) is 76.7 Å². The van der Waals surface area contributed by atoms with E-state index < -0.39 is 10.0 Å². The molecule has 2 saturated heterocycles. The molecule has 0 radical (unpaired) electrons. The Morgan fingerprint density at radius 1 is 1.14 bits per heavy atom. The van der Waals surface area contributed by atoms with Gasteiger partial charge in [0, 0.05) is 48.7 Å². The van der Waals surface area contributed by atoms with E-state index >= 15 is 0 Å². The number of benzene rings is 1. The fourth-order valence-corrected chi connectivity index (χ4v) is 8.51. The lowest BCUT2D eigenvalue weighted by Gasteiger charge is -2.25. The summed E-state index contributed by atoms with van der Waals surface area (Å²) in [6.45, 7) is 4.45. The quantitative estimate of drug-likeness (QED) is 0.323. The molecule has 228 valence electrons. The molecule has 2 bridgehead atoms. The molecule has 3 aliphatic rings. The highest BCUT2D eigenvalue weighted by Crippen LogP contribution is 2.40. The zero-order valence-electron chi connectivity index (χ0n) is 25.3. The number of methoxy groups -OCH3 is 1. The van der Waals surface area contributed by atoms with Gasteiger partial charge in [-0.1, -0.05) is 0 Å². The van der Waals surface area contributed by atoms with Crippen LogP contribution in [0.1, 0.15) is 56.3 Å². The Morgan fingerprint density at radius 3 is 2.51 bits per heavy atom. The molecular formula is C31H39N7O4S. The van der Waals surface area contributed by atoms with E-state index in [1.54, 1.807) is 13.2 Å². The SMILES string of the molecule is COc1cc(C(=O)N2[C@H]3CC[C@@H]2[C@H](N)C3)cc2nc(-c3cc4ccc(N(C(C)C)S(C)(=O)=O)nc4n3CC3CC3)n(C)c12. The van der Waals surface area contributed by atoms with Crippen LogP contribution in [-0.4, -0.2) is 75.9 Å². The summed E-state index contributed by atoms with van der Waals surface area (Å²) in [7, 11) is 0.0521. The monoisotopic (exact) mass is 605 g/mol. The summed E-state index contributed by atoms with van der Waals surface area (Å²) in [4.78, 5) is 25.7. The molecule has 4 aromatic rings. The second-order valence-corrected chi connectivity index (χ2v) is 14.6. The average Bonchev–Trinajstić information content (AvgIpc) is 3.27. The molecule has 7 rings (SSSR count). The summed E-state index contributed by atoms with van der Waals surface area (Å²) in [6.07, 6.45) is 6.30. The first kappa shape index (κ1) is 28.1. The molecule has 3 atom stereocenters. The number of rotatable bonds is 8. The molecule has 3 aromatic heterocycles. The van der Waals surface area contributed by atoms with Crippen LogP contribution in [0, 0.1) is 5.92 Å². The number of sulfonamides is 1. The molecule has 43 heavy (non-hydrogen) atoms. The van der Waals surface area contributed by atoms with E-state index in [-0.39, 0.29) is 30.1 Å². The van der Waals surface area contributed by atoms with Gasteiger partial charge < -0.3 is 24.5 Å². The van der Waals surface area contributed by atoms with Crippen molar-refractivity contribution >= 4 is 43.8 Å². The van der Waals surface area contributed by atoms with E-state index in [9.17, 15) is 13.2 Å². The Labute approximate surface area is 251 Å². The molecule has 2 N–H and O–H groups in total. The highest BCUT2D eigenvalue weighted by atomic mass is 32.2. The van der Waals surface area contributed by atoms with Crippen molar-refractivity contribution in [3.8, 4) is 17.3 Å². The summed E-state index contributed by atoms with van der Waals surface area (Å²) in [5, 5.41) is 0.910. The minimum Gasteiger partial charge on any atom is -0.494 e. The van der Waals surface area contributed by atoms with Crippen LogP contribution >= 0.6 is 0 Å². The molecular weight excluding hydrogens is 566 g/mol. The summed E-state index contributed by atoms with van der Waals surface area (Å²) in [6, 6.07) is 9.48. The number of pyridine rings is 1. The number of amides is 1. The first-order valence-corrected chi connectivity index (χ1v) is 16.9. The largest absolute Gasteiger partial charge is 0.494 e. The van der Waals surface area contributed by atoms with Crippen LogP contribution in [0.3, 0.4) is 0 Å². The Morgan fingerprint density at radius 2 is 1.91 bits per heavy atom. The van der Waals surface area contributed by atoms with Gasteiger partial charge in [0.25, 0.3) is 5.91 Å². The van der Waals surface area contributed by atoms with E-state index in [1.165, 1.54) is 10.6 Å². The number of aromatic nitrogens is 4. The summed E-state index contributed by atoms with van der Waals surface area (Å²) >= 11 is 0. The molecule has 5 heterocycles. The standard InChI is InChI=1S/C31H39N7O4S/c1-17(2)38(43(5,40)41)27-11-8-19-13-25(36(29(19)34-27)16-18-6-7-18)30-33-23-12-20(14-26(42-4)28(23)35(30)3)31(39)37-21-9-10-24(37)22(32)15-21/h8,11-14,17-18,21-22,24H,6-7,9-10,15-16,32H2,1-5H3/t21-,22+,24+/m0/s1. The van der Waals surface area contributed by atoms with Crippen molar-refractivity contribution in [2.75, 3.05) is 17.7 Å². The van der Waals surface area contributed by atoms with Crippen LogP contribution in [0.2, 0.25) is 0 Å². The smallest absolute Gasteiger partial charge is 0.254 e. The predicted molar refractivity (Wildman–Crippen MR) is 167 cm³/mol. The Balaban J connectivity index is 1.36. The van der Waals surface area contributed by atoms with Gasteiger partial charge in [-0.25, -0.2) is 18.4 Å². The number of anilines is 1. The number of fused-ring (bicyclic) bond motifs is 4. The van der Waals surface area contributed by atoms with E-state index in [0.717, 1.165) is 66.7 Å². The van der Waals surface area contributed by atoms with Gasteiger partial charge in [-0.15, -0.1) is 0 Å². The maximum atomic E-state index is 13.8. The number of ether oxygens (including phenoxy) is 1. The van der Waals surface area contributed by atoms with Gasteiger partial charge in [-0.2, -0.15) is 0 Å². The lowest BCUT2D eigenvalue weighted by molar-refractivity contribution is 0.0726. The van der Waals surface area contributed by atoms with Crippen LogP contribution in [0.25, 0.3) is 33.6 Å². The van der Waals surface area contributed by atoms with Crippen molar-refractivity contribution in [1.82, 2.24) is 24.0 Å². The third-order valence-corrected chi connectivity index (χ3v) is 10.7. The van der Waals surface area contributed by atoms with Gasteiger partial charge in [-0.3, -0.25) is 9.10 Å². The van der Waals surface area contributed by atoms with E-state index in [0.29, 0.717) is 28.6 Å². The lowest BCUT2D eigenvalue weighted by Crippen LogP contribution is -2.40. The van der Waals surface area contributed by atoms with Gasteiger partial charge in [0.1, 0.15) is 22.7 Å². The summed E-state index contributed by atoms with van der Waals surface area (Å²) in [5.74, 6) is 2.23. The number of imidazole rings is 1. The van der Waals surface area contributed by atoms with Crippen LogP contribution < -0.4 is 14.8 Å². The second kappa shape index (κ2) is 9.95. The van der Waals surface area contributed by atoms with Crippen LogP contribution in [0.15, 0.2) is 30.3 Å². The van der Waals surface area contributed by atoms with E-state index in [1.807, 2.05) is 48.6 Å². The van der Waals surface area contributed by atoms with Crippen molar-refractivity contribution in [3.63, 3.8) is 0 Å². The Bertz CT molecular complexity index is 1870. The van der Waals surface area contributed by atoms with Gasteiger partial charge >= 0.3 is 0 Å². The lowest BCUT2D eigenvalue weighted by atomic mass is 9.97. The number of hydrogen-bond donors (Lipinski definition) is 1. The number of hydrogen-bond acceptors (Lipinski definition) is 7. The third kappa shape index (κ3) is 4.57. The van der Waals surface area contributed by atoms with Crippen molar-refractivity contribution < 1.29 is 17.9 Å². The minimum absolute atomic E-state index is 0.0204. The number of carbonyl (C=O) groups is 1. The fourth-order valence-electron chi connectivity index (χ4n) is 7.31. The summed E-state index contributed by atoms with van der Waals surface area (Å²) < 4.78 is 36.7. The van der Waals surface area contributed by atoms with Crippen LogP contribution in [0.5, 0.6) is 5.75 Å². The van der Waals surface area contributed by atoms with E-state index in [2.05, 4.69) is 10.6 Å². The highest BCUT2D eigenvalue weighted by Gasteiger charge is 2.47. The molecule has 1 aromatic carbocycles. The first-order chi connectivity index (χ1) is 20.5. The van der Waals surface area contributed by atoms with Gasteiger partial charge in [0.05, 0.1) is 24.6 Å². The topological polar surface area (TPSA) is 129 Å². The fraction of sp³-hybridized carbons (Fsp3) is 0.516. The maximum Gasteiger partial charge on any atom is 0.254 e.